The standard InChI is InChI=1S/C19H36N4O2.HI/c1-20-19(22-13-17-5-9-23(14-17)18-3-4-18)21-8-2-10-25-15-16-6-11-24-12-7-16;/h16-18H,2-15H2,1H3,(H2,20,21,22);1H. The summed E-state index contributed by atoms with van der Waals surface area (Å²) in [5.41, 5.74) is 0. The van der Waals surface area contributed by atoms with Crippen LogP contribution < -0.4 is 10.6 Å². The predicted octanol–water partition coefficient (Wildman–Crippen LogP) is 2.09. The highest BCUT2D eigenvalue weighted by atomic mass is 127. The van der Waals surface area contributed by atoms with Gasteiger partial charge in [0, 0.05) is 59.2 Å². The number of halogens is 1. The number of hydrogen-bond acceptors (Lipinski definition) is 4. The average molecular weight is 480 g/mol. The van der Waals surface area contributed by atoms with Crippen LogP contribution in [0.1, 0.15) is 38.5 Å². The number of rotatable bonds is 9. The van der Waals surface area contributed by atoms with E-state index in [2.05, 4.69) is 20.5 Å². The van der Waals surface area contributed by atoms with E-state index >= 15 is 0 Å². The Morgan fingerprint density at radius 2 is 1.92 bits per heavy atom. The van der Waals surface area contributed by atoms with Gasteiger partial charge in [-0.25, -0.2) is 0 Å². The summed E-state index contributed by atoms with van der Waals surface area (Å²) in [4.78, 5) is 7.00. The summed E-state index contributed by atoms with van der Waals surface area (Å²) in [6, 6.07) is 0.906. The van der Waals surface area contributed by atoms with Crippen molar-refractivity contribution in [3.05, 3.63) is 0 Å². The highest BCUT2D eigenvalue weighted by molar-refractivity contribution is 14.0. The van der Waals surface area contributed by atoms with Gasteiger partial charge in [0.25, 0.3) is 0 Å². The largest absolute Gasteiger partial charge is 0.381 e. The minimum absolute atomic E-state index is 0. The third-order valence-corrected chi connectivity index (χ3v) is 5.61. The Kier molecular flexibility index (Phi) is 10.5. The Morgan fingerprint density at radius 1 is 1.12 bits per heavy atom. The first-order chi connectivity index (χ1) is 12.3. The van der Waals surface area contributed by atoms with Gasteiger partial charge in [0.15, 0.2) is 5.96 Å². The summed E-state index contributed by atoms with van der Waals surface area (Å²) >= 11 is 0. The van der Waals surface area contributed by atoms with Crippen LogP contribution in [0.2, 0.25) is 0 Å². The van der Waals surface area contributed by atoms with Crippen LogP contribution in [0, 0.1) is 11.8 Å². The van der Waals surface area contributed by atoms with Crippen LogP contribution in [0.4, 0.5) is 0 Å². The molecule has 0 amide bonds. The van der Waals surface area contributed by atoms with Gasteiger partial charge in [0.2, 0.25) is 0 Å². The molecular weight excluding hydrogens is 443 g/mol. The predicted molar refractivity (Wildman–Crippen MR) is 116 cm³/mol. The monoisotopic (exact) mass is 480 g/mol. The lowest BCUT2D eigenvalue weighted by molar-refractivity contribution is 0.0203. The molecule has 1 unspecified atom stereocenters. The maximum atomic E-state index is 5.81. The topological polar surface area (TPSA) is 58.1 Å². The summed E-state index contributed by atoms with van der Waals surface area (Å²) in [5.74, 6) is 2.38. The van der Waals surface area contributed by atoms with E-state index in [0.717, 1.165) is 76.7 Å². The summed E-state index contributed by atoms with van der Waals surface area (Å²) in [6.07, 6.45) is 7.46. The molecule has 0 radical (unpaired) electrons. The fourth-order valence-corrected chi connectivity index (χ4v) is 3.81. The van der Waals surface area contributed by atoms with Crippen LogP contribution >= 0.6 is 24.0 Å². The molecule has 0 aromatic carbocycles. The van der Waals surface area contributed by atoms with Crippen LogP contribution in [0.3, 0.4) is 0 Å². The van der Waals surface area contributed by atoms with E-state index < -0.39 is 0 Å². The molecule has 7 heteroatoms. The molecule has 1 aliphatic carbocycles. The van der Waals surface area contributed by atoms with E-state index in [4.69, 9.17) is 9.47 Å². The number of aliphatic imine (C=N–C) groups is 1. The van der Waals surface area contributed by atoms with Crippen molar-refractivity contribution in [1.82, 2.24) is 15.5 Å². The van der Waals surface area contributed by atoms with Gasteiger partial charge < -0.3 is 25.0 Å². The summed E-state index contributed by atoms with van der Waals surface area (Å²) < 4.78 is 11.2. The van der Waals surface area contributed by atoms with Crippen molar-refractivity contribution in [2.24, 2.45) is 16.8 Å². The highest BCUT2D eigenvalue weighted by Gasteiger charge is 2.34. The van der Waals surface area contributed by atoms with Gasteiger partial charge >= 0.3 is 0 Å². The van der Waals surface area contributed by atoms with Crippen molar-refractivity contribution in [1.29, 1.82) is 0 Å². The SMILES string of the molecule is CN=C(NCCCOCC1CCOCC1)NCC1CCN(C2CC2)C1.I. The Labute approximate surface area is 175 Å². The van der Waals surface area contributed by atoms with Crippen molar-refractivity contribution in [3.63, 3.8) is 0 Å². The maximum Gasteiger partial charge on any atom is 0.190 e. The van der Waals surface area contributed by atoms with Gasteiger partial charge in [-0.05, 0) is 56.9 Å². The minimum Gasteiger partial charge on any atom is -0.381 e. The molecule has 26 heavy (non-hydrogen) atoms. The molecule has 2 aliphatic heterocycles. The molecule has 0 bridgehead atoms. The maximum absolute atomic E-state index is 5.81. The van der Waals surface area contributed by atoms with Gasteiger partial charge in [-0.1, -0.05) is 0 Å². The van der Waals surface area contributed by atoms with Gasteiger partial charge in [-0.15, -0.1) is 24.0 Å². The molecule has 0 aromatic rings. The molecule has 3 rings (SSSR count). The van der Waals surface area contributed by atoms with Crippen LogP contribution in [-0.2, 0) is 9.47 Å². The second kappa shape index (κ2) is 12.4. The quantitative estimate of drug-likeness (QED) is 0.229. The Morgan fingerprint density at radius 3 is 2.65 bits per heavy atom. The number of guanidine groups is 1. The second-order valence-corrected chi connectivity index (χ2v) is 7.74. The molecule has 3 aliphatic rings. The third kappa shape index (κ3) is 7.86. The van der Waals surface area contributed by atoms with Gasteiger partial charge in [0.1, 0.15) is 0 Å². The third-order valence-electron chi connectivity index (χ3n) is 5.61. The molecule has 0 spiro atoms. The molecule has 2 saturated heterocycles. The fourth-order valence-electron chi connectivity index (χ4n) is 3.81. The Bertz CT molecular complexity index is 414. The number of nitrogens with one attached hydrogen (secondary N) is 2. The lowest BCUT2D eigenvalue weighted by Gasteiger charge is -2.21. The van der Waals surface area contributed by atoms with Crippen LogP contribution in [0.25, 0.3) is 0 Å². The van der Waals surface area contributed by atoms with Crippen molar-refractivity contribution in [2.45, 2.75) is 44.6 Å². The molecule has 152 valence electrons. The molecule has 1 saturated carbocycles. The Hall–Kier alpha value is -0.120. The van der Waals surface area contributed by atoms with E-state index in [1.165, 1.54) is 32.4 Å². The molecule has 1 atom stereocenters. The zero-order valence-electron chi connectivity index (χ0n) is 16.3. The van der Waals surface area contributed by atoms with Gasteiger partial charge in [-0.2, -0.15) is 0 Å². The van der Waals surface area contributed by atoms with E-state index in [1.807, 2.05) is 7.05 Å². The van der Waals surface area contributed by atoms with Gasteiger partial charge in [0.05, 0.1) is 0 Å². The number of ether oxygens (including phenoxy) is 2. The Balaban J connectivity index is 0.00000243. The zero-order chi connectivity index (χ0) is 17.3. The second-order valence-electron chi connectivity index (χ2n) is 7.74. The summed E-state index contributed by atoms with van der Waals surface area (Å²) in [7, 11) is 1.85. The van der Waals surface area contributed by atoms with E-state index in [1.54, 1.807) is 0 Å². The molecule has 6 nitrogen and oxygen atoms in total. The van der Waals surface area contributed by atoms with Crippen LogP contribution in [0.5, 0.6) is 0 Å². The molecule has 0 aromatic heterocycles. The first kappa shape index (κ1) is 22.2. The minimum atomic E-state index is 0. The van der Waals surface area contributed by atoms with Crippen LogP contribution in [-0.4, -0.2) is 76.6 Å². The number of likely N-dealkylation sites (tertiary alicyclic amines) is 1. The van der Waals surface area contributed by atoms with Gasteiger partial charge in [-0.3, -0.25) is 4.99 Å². The van der Waals surface area contributed by atoms with Crippen molar-refractivity contribution in [3.8, 4) is 0 Å². The lowest BCUT2D eigenvalue weighted by Crippen LogP contribution is -2.41. The highest BCUT2D eigenvalue weighted by Crippen LogP contribution is 2.31. The average Bonchev–Trinajstić information content (AvgIpc) is 3.40. The fraction of sp³-hybridized carbons (Fsp3) is 0.947. The molecular formula is C19H37IN4O2. The number of hydrogen-bond donors (Lipinski definition) is 2. The lowest BCUT2D eigenvalue weighted by atomic mass is 10.0. The van der Waals surface area contributed by atoms with Crippen molar-refractivity contribution in [2.75, 3.05) is 59.7 Å². The summed E-state index contributed by atoms with van der Waals surface area (Å²) in [5, 5.41) is 6.89. The molecule has 2 heterocycles. The summed E-state index contributed by atoms with van der Waals surface area (Å²) in [6.45, 7) is 7.99. The van der Waals surface area contributed by atoms with Crippen LogP contribution in [0.15, 0.2) is 4.99 Å². The van der Waals surface area contributed by atoms with E-state index in [0.29, 0.717) is 5.92 Å². The van der Waals surface area contributed by atoms with E-state index in [-0.39, 0.29) is 24.0 Å². The van der Waals surface area contributed by atoms with Crippen molar-refractivity contribution >= 4 is 29.9 Å². The first-order valence-corrected chi connectivity index (χ1v) is 10.2. The molecule has 3 fully saturated rings. The normalized spacial score (nSPS) is 25.1. The molecule has 2 N–H and O–H groups in total. The van der Waals surface area contributed by atoms with Crippen molar-refractivity contribution < 1.29 is 9.47 Å². The number of nitrogens with zero attached hydrogens (tertiary/aromatic N) is 2. The van der Waals surface area contributed by atoms with E-state index in [9.17, 15) is 0 Å². The first-order valence-electron chi connectivity index (χ1n) is 10.2. The smallest absolute Gasteiger partial charge is 0.190 e. The zero-order valence-corrected chi connectivity index (χ0v) is 18.6.